The zero-order valence-corrected chi connectivity index (χ0v) is 9.64. The van der Waals surface area contributed by atoms with E-state index in [1.54, 1.807) is 0 Å². The van der Waals surface area contributed by atoms with Gasteiger partial charge in [-0.25, -0.2) is 0 Å². The molecule has 0 unspecified atom stereocenters. The van der Waals surface area contributed by atoms with E-state index < -0.39 is 0 Å². The lowest BCUT2D eigenvalue weighted by atomic mass is 10.1. The zero-order valence-electron chi connectivity index (χ0n) is 9.64. The van der Waals surface area contributed by atoms with Crippen molar-refractivity contribution in [2.75, 3.05) is 0 Å². The molecule has 0 aliphatic heterocycles. The quantitative estimate of drug-likeness (QED) is 0.525. The van der Waals surface area contributed by atoms with Gasteiger partial charge >= 0.3 is 0 Å². The molecule has 0 atom stereocenters. The largest absolute Gasteiger partial charge is 0.130 e. The Bertz CT molecular complexity index is 141. The molecule has 0 radical (unpaired) electrons. The first-order valence-electron chi connectivity index (χ1n) is 5.52. The average Bonchev–Trinajstić information content (AvgIpc) is 2.01. The molecule has 0 heterocycles. The third-order valence-electron chi connectivity index (χ3n) is 2.01. The SMILES string of the molecule is CC(C)CCC=C=CCCC(C)C. The second kappa shape index (κ2) is 8.13. The summed E-state index contributed by atoms with van der Waals surface area (Å²) < 4.78 is 0. The Labute approximate surface area is 83.7 Å². The van der Waals surface area contributed by atoms with Gasteiger partial charge in [-0.15, -0.1) is 5.73 Å². The van der Waals surface area contributed by atoms with Crippen molar-refractivity contribution < 1.29 is 0 Å². The van der Waals surface area contributed by atoms with Gasteiger partial charge in [-0.05, 0) is 49.7 Å². The molecule has 0 aliphatic carbocycles. The predicted molar refractivity (Wildman–Crippen MR) is 60.8 cm³/mol. The maximum atomic E-state index is 3.25. The highest BCUT2D eigenvalue weighted by Gasteiger charge is 1.89. The Hall–Kier alpha value is -0.480. The van der Waals surface area contributed by atoms with Gasteiger partial charge in [0.1, 0.15) is 0 Å². The van der Waals surface area contributed by atoms with Crippen molar-refractivity contribution in [1.29, 1.82) is 0 Å². The van der Waals surface area contributed by atoms with Gasteiger partial charge in [-0.1, -0.05) is 27.7 Å². The fourth-order valence-electron chi connectivity index (χ4n) is 1.08. The van der Waals surface area contributed by atoms with Crippen LogP contribution in [0.5, 0.6) is 0 Å². The highest BCUT2D eigenvalue weighted by atomic mass is 14.0. The van der Waals surface area contributed by atoms with Crippen molar-refractivity contribution in [3.8, 4) is 0 Å². The van der Waals surface area contributed by atoms with Crippen LogP contribution in [-0.4, -0.2) is 0 Å². The van der Waals surface area contributed by atoms with Crippen LogP contribution in [0.15, 0.2) is 17.9 Å². The molecular formula is C13H24. The summed E-state index contributed by atoms with van der Waals surface area (Å²) in [5.74, 6) is 1.63. The van der Waals surface area contributed by atoms with E-state index in [0.717, 1.165) is 11.8 Å². The first kappa shape index (κ1) is 12.5. The summed E-state index contributed by atoms with van der Waals surface area (Å²) in [6.45, 7) is 9.04. The molecule has 0 aromatic carbocycles. The number of hydrogen-bond acceptors (Lipinski definition) is 0. The maximum absolute atomic E-state index is 3.25. The van der Waals surface area contributed by atoms with E-state index in [0.29, 0.717) is 0 Å². The molecule has 0 saturated carbocycles. The summed E-state index contributed by atoms with van der Waals surface area (Å²) in [7, 11) is 0. The summed E-state index contributed by atoms with van der Waals surface area (Å²) in [4.78, 5) is 0. The summed E-state index contributed by atoms with van der Waals surface area (Å²) in [6.07, 6.45) is 9.25. The smallest absolute Gasteiger partial charge is 0.0272 e. The van der Waals surface area contributed by atoms with Crippen molar-refractivity contribution in [2.45, 2.75) is 53.4 Å². The molecule has 0 bridgehead atoms. The molecule has 0 rings (SSSR count). The fraction of sp³-hybridized carbons (Fsp3) is 0.769. The van der Waals surface area contributed by atoms with Gasteiger partial charge in [-0.2, -0.15) is 0 Å². The van der Waals surface area contributed by atoms with Crippen LogP contribution in [0.1, 0.15) is 53.4 Å². The van der Waals surface area contributed by atoms with Crippen molar-refractivity contribution in [1.82, 2.24) is 0 Å². The average molecular weight is 180 g/mol. The van der Waals surface area contributed by atoms with Gasteiger partial charge in [0.25, 0.3) is 0 Å². The summed E-state index contributed by atoms with van der Waals surface area (Å²) in [6, 6.07) is 0. The van der Waals surface area contributed by atoms with Crippen LogP contribution in [0.4, 0.5) is 0 Å². The zero-order chi connectivity index (χ0) is 10.1. The molecule has 0 nitrogen and oxygen atoms in total. The Morgan fingerprint density at radius 1 is 0.846 bits per heavy atom. The number of hydrogen-bond donors (Lipinski definition) is 0. The molecule has 76 valence electrons. The van der Waals surface area contributed by atoms with E-state index in [2.05, 4.69) is 45.6 Å². The van der Waals surface area contributed by atoms with Crippen LogP contribution < -0.4 is 0 Å². The van der Waals surface area contributed by atoms with Crippen molar-refractivity contribution in [2.24, 2.45) is 11.8 Å². The highest BCUT2D eigenvalue weighted by Crippen LogP contribution is 2.04. The molecule has 0 spiro atoms. The minimum atomic E-state index is 0.814. The van der Waals surface area contributed by atoms with Crippen LogP contribution in [0.2, 0.25) is 0 Å². The van der Waals surface area contributed by atoms with Crippen LogP contribution in [-0.2, 0) is 0 Å². The molecule has 0 aromatic heterocycles. The lowest BCUT2D eigenvalue weighted by molar-refractivity contribution is 0.592. The Morgan fingerprint density at radius 3 is 1.54 bits per heavy atom. The van der Waals surface area contributed by atoms with Crippen LogP contribution in [0, 0.1) is 11.8 Å². The first-order valence-corrected chi connectivity index (χ1v) is 5.52. The summed E-state index contributed by atoms with van der Waals surface area (Å²) in [5.41, 5.74) is 3.25. The summed E-state index contributed by atoms with van der Waals surface area (Å²) in [5, 5.41) is 0. The maximum Gasteiger partial charge on any atom is -0.0272 e. The van der Waals surface area contributed by atoms with Crippen LogP contribution in [0.25, 0.3) is 0 Å². The lowest BCUT2D eigenvalue weighted by Gasteiger charge is -1.98. The monoisotopic (exact) mass is 180 g/mol. The standard InChI is InChI=1S/C13H24/c1-12(2)10-8-6-5-7-9-11-13(3)4/h6-7,12-13H,8-11H2,1-4H3. The lowest BCUT2D eigenvalue weighted by Crippen LogP contribution is -1.83. The van der Waals surface area contributed by atoms with Gasteiger partial charge in [0, 0.05) is 0 Å². The molecule has 0 fully saturated rings. The molecule has 0 aliphatic rings. The molecule has 0 N–H and O–H groups in total. The van der Waals surface area contributed by atoms with Gasteiger partial charge in [-0.3, -0.25) is 0 Å². The summed E-state index contributed by atoms with van der Waals surface area (Å²) >= 11 is 0. The molecule has 13 heavy (non-hydrogen) atoms. The molecule has 0 saturated heterocycles. The van der Waals surface area contributed by atoms with Crippen LogP contribution >= 0.6 is 0 Å². The van der Waals surface area contributed by atoms with E-state index >= 15 is 0 Å². The second-order valence-corrected chi connectivity index (χ2v) is 4.52. The van der Waals surface area contributed by atoms with Gasteiger partial charge in [0.2, 0.25) is 0 Å². The normalized spacial score (nSPS) is 10.3. The predicted octanol–water partition coefficient (Wildman–Crippen LogP) is 4.57. The van der Waals surface area contributed by atoms with Crippen LogP contribution in [0.3, 0.4) is 0 Å². The minimum Gasteiger partial charge on any atom is -0.130 e. The van der Waals surface area contributed by atoms with E-state index in [1.807, 2.05) is 0 Å². The molecule has 0 amide bonds. The third-order valence-corrected chi connectivity index (χ3v) is 2.01. The van der Waals surface area contributed by atoms with E-state index in [9.17, 15) is 0 Å². The van der Waals surface area contributed by atoms with Crippen molar-refractivity contribution >= 4 is 0 Å². The van der Waals surface area contributed by atoms with E-state index in [4.69, 9.17) is 0 Å². The van der Waals surface area contributed by atoms with Crippen molar-refractivity contribution in [3.63, 3.8) is 0 Å². The first-order chi connectivity index (χ1) is 6.13. The highest BCUT2D eigenvalue weighted by molar-refractivity contribution is 4.84. The fourth-order valence-corrected chi connectivity index (χ4v) is 1.08. The topological polar surface area (TPSA) is 0 Å². The van der Waals surface area contributed by atoms with Crippen molar-refractivity contribution in [3.05, 3.63) is 17.9 Å². The van der Waals surface area contributed by atoms with Gasteiger partial charge in [0.05, 0.1) is 0 Å². The number of rotatable bonds is 6. The number of allylic oxidation sites excluding steroid dienone is 1. The van der Waals surface area contributed by atoms with E-state index in [-0.39, 0.29) is 0 Å². The Kier molecular flexibility index (Phi) is 7.83. The second-order valence-electron chi connectivity index (χ2n) is 4.52. The Balaban J connectivity index is 3.37. The molecule has 0 aromatic rings. The van der Waals surface area contributed by atoms with Gasteiger partial charge < -0.3 is 0 Å². The third kappa shape index (κ3) is 11.5. The minimum absolute atomic E-state index is 0.814. The Morgan fingerprint density at radius 2 is 1.23 bits per heavy atom. The van der Waals surface area contributed by atoms with E-state index in [1.165, 1.54) is 25.7 Å². The molecule has 0 heteroatoms. The molecular weight excluding hydrogens is 156 g/mol. The van der Waals surface area contributed by atoms with Gasteiger partial charge in [0.15, 0.2) is 0 Å².